The standard InChI is InChI=1S/C17H18N2O/c1-4-15-14(9-10-17-18-11-12(2)20-17)13-7-5-6-8-16(13)19(15)3/h4-8,11H,1,9-10H2,2-3H3. The van der Waals surface area contributed by atoms with Gasteiger partial charge in [0.15, 0.2) is 5.89 Å². The molecule has 0 spiro atoms. The highest BCUT2D eigenvalue weighted by Crippen LogP contribution is 2.27. The number of oxazole rings is 1. The van der Waals surface area contributed by atoms with E-state index in [1.54, 1.807) is 6.20 Å². The lowest BCUT2D eigenvalue weighted by molar-refractivity contribution is 0.470. The van der Waals surface area contributed by atoms with Crippen molar-refractivity contribution in [2.75, 3.05) is 0 Å². The van der Waals surface area contributed by atoms with Crippen molar-refractivity contribution < 1.29 is 4.42 Å². The average molecular weight is 266 g/mol. The molecule has 2 heterocycles. The van der Waals surface area contributed by atoms with Gasteiger partial charge in [-0.05, 0) is 31.1 Å². The predicted octanol–water partition coefficient (Wildman–Crippen LogP) is 3.90. The molecule has 3 nitrogen and oxygen atoms in total. The molecule has 0 fully saturated rings. The lowest BCUT2D eigenvalue weighted by atomic mass is 10.1. The van der Waals surface area contributed by atoms with Crippen LogP contribution in [0.2, 0.25) is 0 Å². The second kappa shape index (κ2) is 5.00. The second-order valence-corrected chi connectivity index (χ2v) is 5.01. The van der Waals surface area contributed by atoms with Gasteiger partial charge >= 0.3 is 0 Å². The number of nitrogens with zero attached hydrogens (tertiary/aromatic N) is 2. The molecule has 3 rings (SSSR count). The van der Waals surface area contributed by atoms with E-state index in [-0.39, 0.29) is 0 Å². The first kappa shape index (κ1) is 12.7. The number of hydrogen-bond acceptors (Lipinski definition) is 2. The van der Waals surface area contributed by atoms with Crippen LogP contribution in [0.3, 0.4) is 0 Å². The second-order valence-electron chi connectivity index (χ2n) is 5.01. The molecule has 3 aromatic rings. The lowest BCUT2D eigenvalue weighted by Gasteiger charge is -2.02. The van der Waals surface area contributed by atoms with Crippen LogP contribution >= 0.6 is 0 Å². The third-order valence-electron chi connectivity index (χ3n) is 3.71. The van der Waals surface area contributed by atoms with Crippen LogP contribution in [0, 0.1) is 6.92 Å². The largest absolute Gasteiger partial charge is 0.446 e. The molecule has 0 amide bonds. The van der Waals surface area contributed by atoms with Crippen molar-refractivity contribution in [2.45, 2.75) is 19.8 Å². The normalized spacial score (nSPS) is 11.1. The van der Waals surface area contributed by atoms with E-state index in [1.165, 1.54) is 22.2 Å². The Morgan fingerprint density at radius 1 is 1.30 bits per heavy atom. The van der Waals surface area contributed by atoms with E-state index < -0.39 is 0 Å². The molecule has 0 saturated carbocycles. The molecule has 0 aliphatic rings. The van der Waals surface area contributed by atoms with E-state index >= 15 is 0 Å². The highest BCUT2D eigenvalue weighted by molar-refractivity contribution is 5.88. The maximum atomic E-state index is 5.55. The minimum absolute atomic E-state index is 0.797. The van der Waals surface area contributed by atoms with Gasteiger partial charge in [0.2, 0.25) is 0 Å². The molecule has 102 valence electrons. The van der Waals surface area contributed by atoms with Crippen molar-refractivity contribution in [1.82, 2.24) is 9.55 Å². The van der Waals surface area contributed by atoms with E-state index in [0.29, 0.717) is 0 Å². The van der Waals surface area contributed by atoms with Gasteiger partial charge in [0.25, 0.3) is 0 Å². The van der Waals surface area contributed by atoms with Crippen molar-refractivity contribution in [2.24, 2.45) is 7.05 Å². The van der Waals surface area contributed by atoms with Gasteiger partial charge in [-0.2, -0.15) is 0 Å². The Morgan fingerprint density at radius 2 is 2.10 bits per heavy atom. The van der Waals surface area contributed by atoms with E-state index in [9.17, 15) is 0 Å². The number of aromatic nitrogens is 2. The van der Waals surface area contributed by atoms with Gasteiger partial charge in [-0.1, -0.05) is 24.8 Å². The molecule has 0 atom stereocenters. The average Bonchev–Trinajstić information content (AvgIpc) is 2.99. The van der Waals surface area contributed by atoms with E-state index in [4.69, 9.17) is 4.42 Å². The first-order valence-electron chi connectivity index (χ1n) is 6.80. The van der Waals surface area contributed by atoms with Gasteiger partial charge < -0.3 is 8.98 Å². The zero-order valence-corrected chi connectivity index (χ0v) is 11.9. The van der Waals surface area contributed by atoms with Crippen LogP contribution < -0.4 is 0 Å². The Labute approximate surface area is 118 Å². The van der Waals surface area contributed by atoms with Crippen LogP contribution in [-0.4, -0.2) is 9.55 Å². The van der Waals surface area contributed by atoms with Gasteiger partial charge in [0.05, 0.1) is 6.20 Å². The minimum atomic E-state index is 0.797. The summed E-state index contributed by atoms with van der Waals surface area (Å²) in [6.07, 6.45) is 5.41. The van der Waals surface area contributed by atoms with Crippen LogP contribution in [0.15, 0.2) is 41.5 Å². The molecule has 0 unspecified atom stereocenters. The van der Waals surface area contributed by atoms with Crippen LogP contribution in [0.25, 0.3) is 17.0 Å². The van der Waals surface area contributed by atoms with E-state index in [1.807, 2.05) is 13.0 Å². The van der Waals surface area contributed by atoms with Crippen LogP contribution in [0.4, 0.5) is 0 Å². The summed E-state index contributed by atoms with van der Waals surface area (Å²) in [4.78, 5) is 4.27. The molecular weight excluding hydrogens is 248 g/mol. The molecule has 20 heavy (non-hydrogen) atoms. The number of benzene rings is 1. The highest BCUT2D eigenvalue weighted by Gasteiger charge is 2.13. The molecule has 1 aromatic carbocycles. The van der Waals surface area contributed by atoms with Gasteiger partial charge in [-0.15, -0.1) is 0 Å². The number of rotatable bonds is 4. The van der Waals surface area contributed by atoms with E-state index in [0.717, 1.165) is 24.5 Å². The first-order valence-corrected chi connectivity index (χ1v) is 6.80. The molecule has 0 saturated heterocycles. The molecule has 0 N–H and O–H groups in total. The highest BCUT2D eigenvalue weighted by atomic mass is 16.3. The fraction of sp³-hybridized carbons (Fsp3) is 0.235. The number of hydrogen-bond donors (Lipinski definition) is 0. The molecule has 3 heteroatoms. The van der Waals surface area contributed by atoms with Crippen molar-refractivity contribution in [3.63, 3.8) is 0 Å². The molecular formula is C17H18N2O. The molecule has 0 aliphatic carbocycles. The summed E-state index contributed by atoms with van der Waals surface area (Å²) >= 11 is 0. The summed E-state index contributed by atoms with van der Waals surface area (Å²) in [5.41, 5.74) is 3.73. The lowest BCUT2D eigenvalue weighted by Crippen LogP contribution is -1.95. The van der Waals surface area contributed by atoms with Crippen LogP contribution in [0.1, 0.15) is 22.9 Å². The summed E-state index contributed by atoms with van der Waals surface area (Å²) in [6.45, 7) is 5.87. The van der Waals surface area contributed by atoms with Crippen LogP contribution in [0.5, 0.6) is 0 Å². The Balaban J connectivity index is 1.99. The Bertz CT molecular complexity index is 764. The van der Waals surface area contributed by atoms with Gasteiger partial charge in [-0.25, -0.2) is 4.98 Å². The summed E-state index contributed by atoms with van der Waals surface area (Å²) in [6, 6.07) is 8.45. The quantitative estimate of drug-likeness (QED) is 0.717. The Hall–Kier alpha value is -2.29. The smallest absolute Gasteiger partial charge is 0.194 e. The van der Waals surface area contributed by atoms with Crippen molar-refractivity contribution >= 4 is 17.0 Å². The third kappa shape index (κ3) is 2.05. The molecule has 0 bridgehead atoms. The minimum Gasteiger partial charge on any atom is -0.446 e. The number of para-hydroxylation sites is 1. The molecule has 0 radical (unpaired) electrons. The fourth-order valence-electron chi connectivity index (χ4n) is 2.76. The number of aryl methyl sites for hydroxylation is 4. The van der Waals surface area contributed by atoms with Crippen molar-refractivity contribution in [3.05, 3.63) is 59.9 Å². The van der Waals surface area contributed by atoms with Gasteiger partial charge in [0.1, 0.15) is 5.76 Å². The summed E-state index contributed by atoms with van der Waals surface area (Å²) in [7, 11) is 2.08. The fourth-order valence-corrected chi connectivity index (χ4v) is 2.76. The van der Waals surface area contributed by atoms with Gasteiger partial charge in [0, 0.05) is 30.1 Å². The molecule has 2 aromatic heterocycles. The summed E-state index contributed by atoms with van der Waals surface area (Å²) in [5, 5.41) is 1.29. The van der Waals surface area contributed by atoms with E-state index in [2.05, 4.69) is 47.4 Å². The predicted molar refractivity (Wildman–Crippen MR) is 81.7 cm³/mol. The summed E-state index contributed by atoms with van der Waals surface area (Å²) in [5.74, 6) is 1.66. The van der Waals surface area contributed by atoms with Gasteiger partial charge in [-0.3, -0.25) is 0 Å². The van der Waals surface area contributed by atoms with Crippen LogP contribution in [-0.2, 0) is 19.9 Å². The number of fused-ring (bicyclic) bond motifs is 1. The molecule has 0 aliphatic heterocycles. The first-order chi connectivity index (χ1) is 9.70. The monoisotopic (exact) mass is 266 g/mol. The van der Waals surface area contributed by atoms with Crippen molar-refractivity contribution in [1.29, 1.82) is 0 Å². The third-order valence-corrected chi connectivity index (χ3v) is 3.71. The van der Waals surface area contributed by atoms with Crippen molar-refractivity contribution in [3.8, 4) is 0 Å². The maximum Gasteiger partial charge on any atom is 0.194 e. The maximum absolute atomic E-state index is 5.55. The Morgan fingerprint density at radius 3 is 2.80 bits per heavy atom. The zero-order chi connectivity index (χ0) is 14.1. The SMILES string of the molecule is C=Cc1c(CCc2ncc(C)o2)c2ccccc2n1C. The Kier molecular flexibility index (Phi) is 3.18. The zero-order valence-electron chi connectivity index (χ0n) is 11.9. The topological polar surface area (TPSA) is 31.0 Å². The summed E-state index contributed by atoms with van der Waals surface area (Å²) < 4.78 is 7.75.